The van der Waals surface area contributed by atoms with Crippen molar-refractivity contribution < 1.29 is 23.8 Å². The van der Waals surface area contributed by atoms with Crippen LogP contribution in [0, 0.1) is 0 Å². The summed E-state index contributed by atoms with van der Waals surface area (Å²) in [4.78, 5) is 25.1. The first kappa shape index (κ1) is 19.0. The number of anilines is 1. The van der Waals surface area contributed by atoms with Crippen molar-refractivity contribution in [1.82, 2.24) is 5.43 Å². The number of carbonyl (C=O) groups excluding carboxylic acids is 2. The zero-order valence-electron chi connectivity index (χ0n) is 15.6. The third-order valence-electron chi connectivity index (χ3n) is 4.05. The molecule has 144 valence electrons. The van der Waals surface area contributed by atoms with Crippen LogP contribution in [0.1, 0.15) is 5.56 Å². The molecule has 1 saturated heterocycles. The Morgan fingerprint density at radius 3 is 2.29 bits per heavy atom. The average molecular weight is 380 g/mol. The average Bonchev–Trinajstić information content (AvgIpc) is 3.01. The fraction of sp³-hybridized carbons (Fsp3) is 0.143. The van der Waals surface area contributed by atoms with Gasteiger partial charge in [0.1, 0.15) is 12.2 Å². The van der Waals surface area contributed by atoms with Crippen molar-refractivity contribution in [3.63, 3.8) is 0 Å². The SMILES string of the molecule is C=CCOc1c(OC)cc(C=C2C(=O)NN(c3ccccc3)C2=O)cc1OC. The highest BCUT2D eigenvalue weighted by atomic mass is 16.5. The van der Waals surface area contributed by atoms with Gasteiger partial charge in [-0.1, -0.05) is 30.9 Å². The maximum atomic E-state index is 12.7. The predicted molar refractivity (Wildman–Crippen MR) is 105 cm³/mol. The maximum absolute atomic E-state index is 12.7. The van der Waals surface area contributed by atoms with Crippen LogP contribution in [0.2, 0.25) is 0 Å². The Kier molecular flexibility index (Phi) is 5.64. The van der Waals surface area contributed by atoms with Gasteiger partial charge in [-0.3, -0.25) is 15.0 Å². The summed E-state index contributed by atoms with van der Waals surface area (Å²) in [6, 6.07) is 12.2. The Labute approximate surface area is 162 Å². The van der Waals surface area contributed by atoms with Gasteiger partial charge in [-0.25, -0.2) is 5.01 Å². The van der Waals surface area contributed by atoms with Crippen LogP contribution in [0.25, 0.3) is 6.08 Å². The number of methoxy groups -OCH3 is 2. The van der Waals surface area contributed by atoms with E-state index in [9.17, 15) is 9.59 Å². The van der Waals surface area contributed by atoms with Crippen LogP contribution in [-0.2, 0) is 9.59 Å². The Morgan fingerprint density at radius 2 is 1.71 bits per heavy atom. The number of carbonyl (C=O) groups is 2. The molecule has 1 aliphatic heterocycles. The summed E-state index contributed by atoms with van der Waals surface area (Å²) in [6.45, 7) is 3.90. The highest BCUT2D eigenvalue weighted by Crippen LogP contribution is 2.39. The van der Waals surface area contributed by atoms with Crippen LogP contribution >= 0.6 is 0 Å². The van der Waals surface area contributed by atoms with Crippen LogP contribution < -0.4 is 24.6 Å². The van der Waals surface area contributed by atoms with Gasteiger partial charge >= 0.3 is 0 Å². The molecule has 1 N–H and O–H groups in total. The molecule has 1 heterocycles. The molecule has 2 aromatic rings. The monoisotopic (exact) mass is 380 g/mol. The molecule has 0 aliphatic carbocycles. The summed E-state index contributed by atoms with van der Waals surface area (Å²) in [5.41, 5.74) is 3.71. The summed E-state index contributed by atoms with van der Waals surface area (Å²) in [5.74, 6) is 0.317. The Balaban J connectivity index is 1.97. The molecule has 0 spiro atoms. The van der Waals surface area contributed by atoms with Gasteiger partial charge in [-0.2, -0.15) is 0 Å². The van der Waals surface area contributed by atoms with E-state index in [4.69, 9.17) is 14.2 Å². The minimum atomic E-state index is -0.487. The fourth-order valence-corrected chi connectivity index (χ4v) is 2.75. The number of nitrogens with zero attached hydrogens (tertiary/aromatic N) is 1. The van der Waals surface area contributed by atoms with E-state index < -0.39 is 11.8 Å². The number of para-hydroxylation sites is 1. The highest BCUT2D eigenvalue weighted by Gasteiger charge is 2.34. The molecule has 2 amide bonds. The highest BCUT2D eigenvalue weighted by molar-refractivity contribution is 6.31. The Morgan fingerprint density at radius 1 is 1.07 bits per heavy atom. The lowest BCUT2D eigenvalue weighted by atomic mass is 10.1. The maximum Gasteiger partial charge on any atom is 0.282 e. The Hall–Kier alpha value is -3.74. The molecule has 0 atom stereocenters. The molecule has 7 nitrogen and oxygen atoms in total. The van der Waals surface area contributed by atoms with Crippen molar-refractivity contribution in [3.8, 4) is 17.2 Å². The second-order valence-corrected chi connectivity index (χ2v) is 5.83. The van der Waals surface area contributed by atoms with E-state index in [-0.39, 0.29) is 12.2 Å². The molecular weight excluding hydrogens is 360 g/mol. The molecule has 1 aliphatic rings. The number of benzene rings is 2. The van der Waals surface area contributed by atoms with E-state index in [0.717, 1.165) is 0 Å². The van der Waals surface area contributed by atoms with E-state index >= 15 is 0 Å². The predicted octanol–water partition coefficient (Wildman–Crippen LogP) is 2.73. The van der Waals surface area contributed by atoms with Gasteiger partial charge in [0.25, 0.3) is 11.8 Å². The lowest BCUT2D eigenvalue weighted by Crippen LogP contribution is -2.35. The Bertz CT molecular complexity index is 912. The first-order valence-electron chi connectivity index (χ1n) is 8.51. The first-order chi connectivity index (χ1) is 13.6. The fourth-order valence-electron chi connectivity index (χ4n) is 2.75. The second-order valence-electron chi connectivity index (χ2n) is 5.83. The van der Waals surface area contributed by atoms with Crippen LogP contribution in [0.15, 0.2) is 60.7 Å². The summed E-state index contributed by atoms with van der Waals surface area (Å²) >= 11 is 0. The number of ether oxygens (including phenoxy) is 3. The summed E-state index contributed by atoms with van der Waals surface area (Å²) < 4.78 is 16.3. The van der Waals surface area contributed by atoms with Gasteiger partial charge in [0.05, 0.1) is 19.9 Å². The van der Waals surface area contributed by atoms with Gasteiger partial charge < -0.3 is 14.2 Å². The smallest absolute Gasteiger partial charge is 0.282 e. The molecule has 0 bridgehead atoms. The van der Waals surface area contributed by atoms with Crippen molar-refractivity contribution in [2.75, 3.05) is 25.8 Å². The molecule has 28 heavy (non-hydrogen) atoms. The summed E-state index contributed by atoms with van der Waals surface area (Å²) in [7, 11) is 2.99. The minimum absolute atomic E-state index is 0.00715. The van der Waals surface area contributed by atoms with Gasteiger partial charge in [-0.05, 0) is 35.9 Å². The third kappa shape index (κ3) is 3.68. The zero-order valence-corrected chi connectivity index (χ0v) is 15.6. The molecule has 0 aromatic heterocycles. The lowest BCUT2D eigenvalue weighted by Gasteiger charge is -2.14. The van der Waals surface area contributed by atoms with E-state index in [0.29, 0.717) is 28.5 Å². The third-order valence-corrected chi connectivity index (χ3v) is 4.05. The quantitative estimate of drug-likeness (QED) is 0.454. The van der Waals surface area contributed by atoms with Crippen LogP contribution in [0.4, 0.5) is 5.69 Å². The lowest BCUT2D eigenvalue weighted by molar-refractivity contribution is -0.117. The van der Waals surface area contributed by atoms with E-state index in [1.165, 1.54) is 25.3 Å². The first-order valence-corrected chi connectivity index (χ1v) is 8.51. The largest absolute Gasteiger partial charge is 0.493 e. The normalized spacial score (nSPS) is 14.8. The topological polar surface area (TPSA) is 77.1 Å². The molecule has 0 saturated carbocycles. The number of hydrogen-bond acceptors (Lipinski definition) is 5. The molecule has 1 fully saturated rings. The molecule has 7 heteroatoms. The van der Waals surface area contributed by atoms with Gasteiger partial charge in [0.2, 0.25) is 5.75 Å². The number of nitrogens with one attached hydrogen (secondary N) is 1. The van der Waals surface area contributed by atoms with Gasteiger partial charge in [0.15, 0.2) is 11.5 Å². The van der Waals surface area contributed by atoms with Crippen molar-refractivity contribution in [3.05, 3.63) is 66.3 Å². The summed E-state index contributed by atoms with van der Waals surface area (Å²) in [5, 5.41) is 1.21. The van der Waals surface area contributed by atoms with Gasteiger partial charge in [0, 0.05) is 0 Å². The number of rotatable bonds is 7. The van der Waals surface area contributed by atoms with Crippen LogP contribution in [0.5, 0.6) is 17.2 Å². The number of hydrazine groups is 1. The van der Waals surface area contributed by atoms with E-state index in [2.05, 4.69) is 12.0 Å². The van der Waals surface area contributed by atoms with E-state index in [1.54, 1.807) is 42.5 Å². The van der Waals surface area contributed by atoms with Crippen molar-refractivity contribution in [2.45, 2.75) is 0 Å². The standard InChI is InChI=1S/C21H20N2O5/c1-4-10-28-19-17(26-2)12-14(13-18(19)27-3)11-16-20(24)22-23(21(16)25)15-8-6-5-7-9-15/h4-9,11-13H,1,10H2,2-3H3,(H,22,24). The number of hydrogen-bond donors (Lipinski definition) is 1. The van der Waals surface area contributed by atoms with E-state index in [1.807, 2.05) is 6.07 Å². The molecule has 2 aromatic carbocycles. The second kappa shape index (κ2) is 8.30. The minimum Gasteiger partial charge on any atom is -0.493 e. The van der Waals surface area contributed by atoms with Crippen molar-refractivity contribution >= 4 is 23.6 Å². The molecule has 0 unspecified atom stereocenters. The summed E-state index contributed by atoms with van der Waals surface area (Å²) in [6.07, 6.45) is 3.09. The molecule has 3 rings (SSSR count). The van der Waals surface area contributed by atoms with Gasteiger partial charge in [-0.15, -0.1) is 0 Å². The van der Waals surface area contributed by atoms with Crippen molar-refractivity contribution in [1.29, 1.82) is 0 Å². The van der Waals surface area contributed by atoms with Crippen molar-refractivity contribution in [2.24, 2.45) is 0 Å². The van der Waals surface area contributed by atoms with Crippen LogP contribution in [-0.4, -0.2) is 32.6 Å². The molecule has 0 radical (unpaired) electrons. The molecular formula is C21H20N2O5. The zero-order chi connectivity index (χ0) is 20.1. The number of amides is 2. The van der Waals surface area contributed by atoms with Crippen LogP contribution in [0.3, 0.4) is 0 Å².